The molecule has 0 unspecified atom stereocenters. The first-order valence-corrected chi connectivity index (χ1v) is 14.7. The zero-order chi connectivity index (χ0) is 28.3. The molecule has 0 atom stereocenters. The number of thiazole rings is 1. The second-order valence-corrected chi connectivity index (χ2v) is 11.2. The van der Waals surface area contributed by atoms with Gasteiger partial charge >= 0.3 is 0 Å². The Morgan fingerprint density at radius 1 is 0.951 bits per heavy atom. The van der Waals surface area contributed by atoms with Crippen molar-refractivity contribution in [3.8, 4) is 34.1 Å². The summed E-state index contributed by atoms with van der Waals surface area (Å²) >= 11 is 1.33. The fraction of sp³-hybridized carbons (Fsp3) is 0.212. The van der Waals surface area contributed by atoms with Crippen LogP contribution in [0.15, 0.2) is 83.8 Å². The van der Waals surface area contributed by atoms with Crippen LogP contribution in [0.5, 0.6) is 5.75 Å². The molecule has 0 saturated carbocycles. The monoisotopic (exact) mass is 561 g/mol. The number of para-hydroxylation sites is 1. The fourth-order valence-corrected chi connectivity index (χ4v) is 5.64. The topological polar surface area (TPSA) is 74.3 Å². The summed E-state index contributed by atoms with van der Waals surface area (Å²) < 4.78 is 9.62. The van der Waals surface area contributed by atoms with E-state index in [0.717, 1.165) is 64.2 Å². The maximum atomic E-state index is 13.4. The lowest BCUT2D eigenvalue weighted by Crippen LogP contribution is -2.23. The minimum atomic E-state index is -0.195. The van der Waals surface area contributed by atoms with Crippen molar-refractivity contribution in [2.24, 2.45) is 0 Å². The molecule has 8 heteroatoms. The van der Waals surface area contributed by atoms with Gasteiger partial charge in [-0.05, 0) is 74.4 Å². The van der Waals surface area contributed by atoms with E-state index in [4.69, 9.17) is 9.84 Å². The molecule has 0 amide bonds. The summed E-state index contributed by atoms with van der Waals surface area (Å²) in [6, 6.07) is 24.0. The molecule has 0 aliphatic carbocycles. The number of hydrogen-bond acceptors (Lipinski definition) is 6. The van der Waals surface area contributed by atoms with Gasteiger partial charge < -0.3 is 4.74 Å². The average Bonchev–Trinajstić information content (AvgIpc) is 3.68. The lowest BCUT2D eigenvalue weighted by Gasteiger charge is -2.05. The molecule has 6 aromatic rings. The van der Waals surface area contributed by atoms with Crippen LogP contribution in [0, 0.1) is 13.8 Å². The molecular formula is C33H31N5O2S. The molecule has 41 heavy (non-hydrogen) atoms. The van der Waals surface area contributed by atoms with Crippen molar-refractivity contribution in [1.82, 2.24) is 24.4 Å². The van der Waals surface area contributed by atoms with E-state index in [1.165, 1.54) is 15.9 Å². The summed E-state index contributed by atoms with van der Waals surface area (Å²) in [7, 11) is 0. The average molecular weight is 562 g/mol. The normalized spacial score (nSPS) is 11.9. The number of nitrogens with zero attached hydrogens (tertiary/aromatic N) is 5. The van der Waals surface area contributed by atoms with E-state index < -0.39 is 0 Å². The Bertz CT molecular complexity index is 1920. The van der Waals surface area contributed by atoms with Crippen LogP contribution in [0.3, 0.4) is 0 Å². The van der Waals surface area contributed by atoms with Gasteiger partial charge in [0.1, 0.15) is 11.4 Å². The molecule has 3 aromatic heterocycles. The van der Waals surface area contributed by atoms with Gasteiger partial charge in [-0.1, -0.05) is 67.0 Å². The van der Waals surface area contributed by atoms with Gasteiger partial charge in [0.05, 0.1) is 16.8 Å². The van der Waals surface area contributed by atoms with Gasteiger partial charge in [0.25, 0.3) is 5.56 Å². The predicted molar refractivity (Wildman–Crippen MR) is 165 cm³/mol. The van der Waals surface area contributed by atoms with E-state index in [1.54, 1.807) is 0 Å². The molecule has 0 saturated heterocycles. The summed E-state index contributed by atoms with van der Waals surface area (Å²) in [6.45, 7) is 7.03. The smallest absolute Gasteiger partial charge is 0.291 e. The second-order valence-electron chi connectivity index (χ2n) is 10.2. The second kappa shape index (κ2) is 11.5. The molecule has 3 heterocycles. The minimum Gasteiger partial charge on any atom is -0.494 e. The van der Waals surface area contributed by atoms with E-state index in [1.807, 2.05) is 71.6 Å². The SMILES string of the molecule is CCCCCOc1ccc(-c2nc3sc(=Cc4cn(-c5ccccc5)nc4-c4cc(C)ccc4C)c(=O)n3n2)cc1. The maximum absolute atomic E-state index is 13.4. The molecule has 206 valence electrons. The highest BCUT2D eigenvalue weighted by atomic mass is 32.1. The lowest BCUT2D eigenvalue weighted by atomic mass is 10.0. The van der Waals surface area contributed by atoms with Crippen molar-refractivity contribution >= 4 is 22.4 Å². The molecular weight excluding hydrogens is 530 g/mol. The van der Waals surface area contributed by atoms with Crippen LogP contribution in [0.2, 0.25) is 0 Å². The van der Waals surface area contributed by atoms with Crippen LogP contribution >= 0.6 is 11.3 Å². The Kier molecular flexibility index (Phi) is 7.48. The number of rotatable bonds is 9. The summed E-state index contributed by atoms with van der Waals surface area (Å²) in [5.41, 5.74) is 6.59. The Morgan fingerprint density at radius 3 is 2.51 bits per heavy atom. The summed E-state index contributed by atoms with van der Waals surface area (Å²) in [5, 5.41) is 9.49. The van der Waals surface area contributed by atoms with E-state index >= 15 is 0 Å². The van der Waals surface area contributed by atoms with Crippen molar-refractivity contribution in [2.45, 2.75) is 40.0 Å². The number of aromatic nitrogens is 5. The van der Waals surface area contributed by atoms with Gasteiger partial charge in [-0.3, -0.25) is 4.79 Å². The molecule has 0 radical (unpaired) electrons. The van der Waals surface area contributed by atoms with Gasteiger partial charge in [0.2, 0.25) is 4.96 Å². The molecule has 0 aliphatic heterocycles. The third kappa shape index (κ3) is 5.56. The van der Waals surface area contributed by atoms with Gasteiger partial charge in [0, 0.05) is 22.9 Å². The molecule has 0 spiro atoms. The zero-order valence-electron chi connectivity index (χ0n) is 23.4. The van der Waals surface area contributed by atoms with Crippen LogP contribution in [-0.2, 0) is 0 Å². The number of ether oxygens (including phenoxy) is 1. The Morgan fingerprint density at radius 2 is 1.76 bits per heavy atom. The summed E-state index contributed by atoms with van der Waals surface area (Å²) in [4.78, 5) is 18.7. The Balaban J connectivity index is 1.36. The van der Waals surface area contributed by atoms with Crippen LogP contribution in [0.25, 0.3) is 39.4 Å². The lowest BCUT2D eigenvalue weighted by molar-refractivity contribution is 0.306. The number of benzene rings is 3. The van der Waals surface area contributed by atoms with E-state index in [-0.39, 0.29) is 5.56 Å². The first-order chi connectivity index (χ1) is 20.0. The molecule has 7 nitrogen and oxygen atoms in total. The van der Waals surface area contributed by atoms with Crippen molar-refractivity contribution in [3.63, 3.8) is 0 Å². The molecule has 0 N–H and O–H groups in total. The largest absolute Gasteiger partial charge is 0.494 e. The van der Waals surface area contributed by atoms with Crippen molar-refractivity contribution < 1.29 is 4.74 Å². The molecule has 3 aromatic carbocycles. The third-order valence-electron chi connectivity index (χ3n) is 7.01. The van der Waals surface area contributed by atoms with Gasteiger partial charge in [-0.25, -0.2) is 4.68 Å². The quantitative estimate of drug-likeness (QED) is 0.191. The van der Waals surface area contributed by atoms with E-state index in [9.17, 15) is 4.79 Å². The number of hydrogen-bond donors (Lipinski definition) is 0. The highest BCUT2D eigenvalue weighted by Crippen LogP contribution is 2.28. The van der Waals surface area contributed by atoms with Crippen LogP contribution in [0.4, 0.5) is 0 Å². The van der Waals surface area contributed by atoms with Gasteiger partial charge in [0.15, 0.2) is 5.82 Å². The van der Waals surface area contributed by atoms with E-state index in [2.05, 4.69) is 49.1 Å². The minimum absolute atomic E-state index is 0.195. The summed E-state index contributed by atoms with van der Waals surface area (Å²) in [6.07, 6.45) is 7.24. The highest BCUT2D eigenvalue weighted by molar-refractivity contribution is 7.15. The van der Waals surface area contributed by atoms with Crippen LogP contribution < -0.4 is 14.8 Å². The fourth-order valence-electron chi connectivity index (χ4n) is 4.75. The first-order valence-electron chi connectivity index (χ1n) is 13.9. The number of unbranched alkanes of at least 4 members (excludes halogenated alkanes) is 2. The van der Waals surface area contributed by atoms with Gasteiger partial charge in [-0.2, -0.15) is 14.6 Å². The molecule has 6 rings (SSSR count). The molecule has 0 aliphatic rings. The highest BCUT2D eigenvalue weighted by Gasteiger charge is 2.16. The molecule has 0 bridgehead atoms. The zero-order valence-corrected chi connectivity index (χ0v) is 24.2. The molecule has 0 fully saturated rings. The Hall–Kier alpha value is -4.56. The van der Waals surface area contributed by atoms with Crippen molar-refractivity contribution in [1.29, 1.82) is 0 Å². The Labute approximate surface area is 242 Å². The number of aryl methyl sites for hydroxylation is 2. The number of fused-ring (bicyclic) bond motifs is 1. The standard InChI is InChI=1S/C33H31N5O2S/c1-4-5-9-18-40-27-16-14-24(15-17-27)31-34-33-38(36-31)32(39)29(41-33)20-25-21-37(26-10-7-6-8-11-26)35-30(25)28-19-22(2)12-13-23(28)3/h6-8,10-17,19-21H,4-5,9,18H2,1-3H3. The predicted octanol–water partition coefficient (Wildman–Crippen LogP) is 6.40. The first kappa shape index (κ1) is 26.7. The summed E-state index contributed by atoms with van der Waals surface area (Å²) in [5.74, 6) is 1.34. The maximum Gasteiger partial charge on any atom is 0.291 e. The van der Waals surface area contributed by atoms with E-state index in [0.29, 0.717) is 21.9 Å². The van der Waals surface area contributed by atoms with Crippen molar-refractivity contribution in [2.75, 3.05) is 6.61 Å². The van der Waals surface area contributed by atoms with Gasteiger partial charge in [-0.15, -0.1) is 5.10 Å². The third-order valence-corrected chi connectivity index (χ3v) is 7.97. The van der Waals surface area contributed by atoms with Crippen LogP contribution in [0.1, 0.15) is 42.9 Å². The van der Waals surface area contributed by atoms with Crippen molar-refractivity contribution in [3.05, 3.63) is 111 Å². The van der Waals surface area contributed by atoms with Crippen LogP contribution in [-0.4, -0.2) is 31.0 Å².